The summed E-state index contributed by atoms with van der Waals surface area (Å²) in [5, 5.41) is 3.38. The fourth-order valence-corrected chi connectivity index (χ4v) is 2.32. The van der Waals surface area contributed by atoms with Crippen LogP contribution in [0.15, 0.2) is 24.3 Å². The number of anilines is 1. The zero-order chi connectivity index (χ0) is 12.3. The van der Waals surface area contributed by atoms with Gasteiger partial charge in [-0.25, -0.2) is 0 Å². The van der Waals surface area contributed by atoms with Gasteiger partial charge in [-0.05, 0) is 49.5 Å². The van der Waals surface area contributed by atoms with Crippen LogP contribution in [0.4, 0.5) is 5.69 Å². The summed E-state index contributed by atoms with van der Waals surface area (Å²) < 4.78 is 0. The lowest BCUT2D eigenvalue weighted by molar-refractivity contribution is -0.116. The van der Waals surface area contributed by atoms with Gasteiger partial charge in [0, 0.05) is 19.7 Å². The van der Waals surface area contributed by atoms with Crippen molar-refractivity contribution < 1.29 is 4.79 Å². The molecule has 0 bridgehead atoms. The molecule has 0 atom stereocenters. The van der Waals surface area contributed by atoms with E-state index in [1.54, 1.807) is 11.8 Å². The smallest absolute Gasteiger partial charge is 0.223 e. The third kappa shape index (κ3) is 2.86. The number of nitrogens with one attached hydrogen (secondary N) is 1. The van der Waals surface area contributed by atoms with Gasteiger partial charge in [0.2, 0.25) is 5.91 Å². The molecule has 3 nitrogen and oxygen atoms in total. The number of nitrogens with zero attached hydrogens (tertiary/aromatic N) is 1. The fraction of sp³-hybridized carbons (Fsp3) is 0.500. The summed E-state index contributed by atoms with van der Waals surface area (Å²) in [5.74, 6) is 0.712. The molecule has 2 rings (SSSR count). The van der Waals surface area contributed by atoms with Gasteiger partial charge in [0.15, 0.2) is 0 Å². The van der Waals surface area contributed by atoms with E-state index in [0.717, 1.165) is 18.8 Å². The van der Waals surface area contributed by atoms with Gasteiger partial charge in [-0.15, -0.1) is 0 Å². The van der Waals surface area contributed by atoms with Crippen LogP contribution in [0.1, 0.15) is 31.2 Å². The van der Waals surface area contributed by atoms with Crippen LogP contribution in [-0.2, 0) is 4.79 Å². The van der Waals surface area contributed by atoms with Crippen molar-refractivity contribution in [1.29, 1.82) is 0 Å². The molecule has 0 saturated carbocycles. The van der Waals surface area contributed by atoms with Crippen LogP contribution in [-0.4, -0.2) is 26.0 Å². The van der Waals surface area contributed by atoms with E-state index >= 15 is 0 Å². The molecule has 1 aromatic rings. The number of benzene rings is 1. The quantitative estimate of drug-likeness (QED) is 0.847. The Morgan fingerprint density at radius 3 is 2.71 bits per heavy atom. The summed E-state index contributed by atoms with van der Waals surface area (Å²) in [4.78, 5) is 13.0. The van der Waals surface area contributed by atoms with Crippen molar-refractivity contribution in [2.24, 2.45) is 0 Å². The van der Waals surface area contributed by atoms with Gasteiger partial charge in [0.05, 0.1) is 0 Å². The van der Waals surface area contributed by atoms with E-state index in [-0.39, 0.29) is 5.91 Å². The minimum Gasteiger partial charge on any atom is -0.317 e. The minimum absolute atomic E-state index is 0.0764. The molecule has 0 aliphatic carbocycles. The highest BCUT2D eigenvalue weighted by Gasteiger charge is 2.16. The maximum absolute atomic E-state index is 11.3. The second-order valence-corrected chi connectivity index (χ2v) is 4.70. The predicted molar refractivity (Wildman–Crippen MR) is 70.4 cm³/mol. The molecule has 0 unspecified atom stereocenters. The lowest BCUT2D eigenvalue weighted by Gasteiger charge is -2.24. The van der Waals surface area contributed by atoms with Crippen molar-refractivity contribution in [3.63, 3.8) is 0 Å². The zero-order valence-corrected chi connectivity index (χ0v) is 10.6. The van der Waals surface area contributed by atoms with Crippen molar-refractivity contribution in [2.75, 3.05) is 25.0 Å². The molecule has 1 fully saturated rings. The van der Waals surface area contributed by atoms with E-state index in [2.05, 4.69) is 17.4 Å². The van der Waals surface area contributed by atoms with Crippen molar-refractivity contribution in [2.45, 2.75) is 25.7 Å². The first kappa shape index (κ1) is 12.1. The molecule has 0 spiro atoms. The molecule has 1 saturated heterocycles. The van der Waals surface area contributed by atoms with E-state index in [1.165, 1.54) is 18.4 Å². The normalized spacial score (nSPS) is 16.8. The van der Waals surface area contributed by atoms with E-state index in [4.69, 9.17) is 0 Å². The molecule has 1 N–H and O–H groups in total. The number of hydrogen-bond acceptors (Lipinski definition) is 2. The number of rotatable bonds is 2. The minimum atomic E-state index is 0.0764. The van der Waals surface area contributed by atoms with E-state index in [1.807, 2.05) is 19.2 Å². The lowest BCUT2D eigenvalue weighted by Crippen LogP contribution is -2.27. The van der Waals surface area contributed by atoms with Gasteiger partial charge in [-0.3, -0.25) is 4.79 Å². The maximum atomic E-state index is 11.3. The average Bonchev–Trinajstić information content (AvgIpc) is 2.39. The molecule has 0 aromatic heterocycles. The second kappa shape index (κ2) is 5.32. The van der Waals surface area contributed by atoms with Crippen LogP contribution < -0.4 is 10.2 Å². The molecular weight excluding hydrogens is 212 g/mol. The molecular formula is C14H20N2O. The molecule has 1 amide bonds. The Kier molecular flexibility index (Phi) is 3.79. The van der Waals surface area contributed by atoms with E-state index < -0.39 is 0 Å². The standard InChI is InChI=1S/C14H20N2O/c1-11(17)16(2)14-5-3-4-13(10-14)12-6-8-15-9-7-12/h3-5,10,12,15H,6-9H2,1-2H3. The Balaban J connectivity index is 2.18. The van der Waals surface area contributed by atoms with Crippen molar-refractivity contribution in [3.05, 3.63) is 29.8 Å². The Hall–Kier alpha value is -1.35. The van der Waals surface area contributed by atoms with Crippen LogP contribution in [0.5, 0.6) is 0 Å². The number of carbonyl (C=O) groups is 1. The lowest BCUT2D eigenvalue weighted by atomic mass is 9.90. The summed E-state index contributed by atoms with van der Waals surface area (Å²) in [5.41, 5.74) is 2.35. The molecule has 3 heteroatoms. The van der Waals surface area contributed by atoms with Gasteiger partial charge < -0.3 is 10.2 Å². The summed E-state index contributed by atoms with van der Waals surface area (Å²) in [6, 6.07) is 8.36. The number of amides is 1. The summed E-state index contributed by atoms with van der Waals surface area (Å²) >= 11 is 0. The van der Waals surface area contributed by atoms with Crippen LogP contribution >= 0.6 is 0 Å². The molecule has 1 aliphatic rings. The SMILES string of the molecule is CC(=O)N(C)c1cccc(C2CCNCC2)c1. The van der Waals surface area contributed by atoms with Gasteiger partial charge in [-0.2, -0.15) is 0 Å². The summed E-state index contributed by atoms with van der Waals surface area (Å²) in [6.45, 7) is 3.78. The monoisotopic (exact) mass is 232 g/mol. The number of hydrogen-bond donors (Lipinski definition) is 1. The molecule has 17 heavy (non-hydrogen) atoms. The molecule has 1 heterocycles. The first-order valence-corrected chi connectivity index (χ1v) is 6.23. The maximum Gasteiger partial charge on any atom is 0.223 e. The summed E-state index contributed by atoms with van der Waals surface area (Å²) in [6.07, 6.45) is 2.38. The van der Waals surface area contributed by atoms with Crippen LogP contribution in [0.2, 0.25) is 0 Å². The Morgan fingerprint density at radius 2 is 2.06 bits per heavy atom. The van der Waals surface area contributed by atoms with Gasteiger partial charge in [0.25, 0.3) is 0 Å². The third-order valence-corrected chi connectivity index (χ3v) is 3.54. The molecule has 92 valence electrons. The Bertz CT molecular complexity index is 397. The van der Waals surface area contributed by atoms with Gasteiger partial charge in [-0.1, -0.05) is 12.1 Å². The van der Waals surface area contributed by atoms with Crippen molar-refractivity contribution >= 4 is 11.6 Å². The van der Waals surface area contributed by atoms with Crippen LogP contribution in [0, 0.1) is 0 Å². The number of carbonyl (C=O) groups excluding carboxylic acids is 1. The van der Waals surface area contributed by atoms with Crippen molar-refractivity contribution in [3.8, 4) is 0 Å². The fourth-order valence-electron chi connectivity index (χ4n) is 2.32. The predicted octanol–water partition coefficient (Wildman–Crippen LogP) is 2.14. The third-order valence-electron chi connectivity index (χ3n) is 3.54. The van der Waals surface area contributed by atoms with Crippen molar-refractivity contribution in [1.82, 2.24) is 5.32 Å². The van der Waals surface area contributed by atoms with Crippen LogP contribution in [0.3, 0.4) is 0 Å². The highest BCUT2D eigenvalue weighted by atomic mass is 16.2. The Labute approximate surface area is 103 Å². The first-order chi connectivity index (χ1) is 8.18. The first-order valence-electron chi connectivity index (χ1n) is 6.23. The number of piperidine rings is 1. The topological polar surface area (TPSA) is 32.3 Å². The highest BCUT2D eigenvalue weighted by Crippen LogP contribution is 2.27. The molecule has 1 aromatic carbocycles. The summed E-state index contributed by atoms with van der Waals surface area (Å²) in [7, 11) is 1.82. The van der Waals surface area contributed by atoms with E-state index in [0.29, 0.717) is 5.92 Å². The Morgan fingerprint density at radius 1 is 1.35 bits per heavy atom. The average molecular weight is 232 g/mol. The molecule has 0 radical (unpaired) electrons. The molecule has 1 aliphatic heterocycles. The van der Waals surface area contributed by atoms with E-state index in [9.17, 15) is 4.79 Å². The zero-order valence-electron chi connectivity index (χ0n) is 10.6. The highest BCUT2D eigenvalue weighted by molar-refractivity contribution is 5.90. The van der Waals surface area contributed by atoms with Crippen LogP contribution in [0.25, 0.3) is 0 Å². The second-order valence-electron chi connectivity index (χ2n) is 4.70. The van der Waals surface area contributed by atoms with Gasteiger partial charge >= 0.3 is 0 Å². The largest absolute Gasteiger partial charge is 0.317 e. The van der Waals surface area contributed by atoms with Gasteiger partial charge in [0.1, 0.15) is 0 Å².